The first-order valence-corrected chi connectivity index (χ1v) is 8.59. The quantitative estimate of drug-likeness (QED) is 0.873. The van der Waals surface area contributed by atoms with Crippen molar-refractivity contribution in [1.82, 2.24) is 4.90 Å². The Morgan fingerprint density at radius 3 is 2.58 bits per heavy atom. The molecule has 1 aliphatic heterocycles. The van der Waals surface area contributed by atoms with Crippen LogP contribution in [-0.2, 0) is 16.1 Å². The third kappa shape index (κ3) is 4.46. The molecule has 26 heavy (non-hydrogen) atoms. The Morgan fingerprint density at radius 2 is 1.85 bits per heavy atom. The first-order chi connectivity index (χ1) is 12.5. The molecule has 0 saturated heterocycles. The van der Waals surface area contributed by atoms with Crippen molar-refractivity contribution in [1.29, 1.82) is 0 Å². The van der Waals surface area contributed by atoms with Crippen LogP contribution in [0.15, 0.2) is 42.5 Å². The minimum Gasteiger partial charge on any atom is -0.486 e. The number of benzene rings is 2. The Kier molecular flexibility index (Phi) is 5.63. The van der Waals surface area contributed by atoms with Gasteiger partial charge in [0.05, 0.1) is 0 Å². The summed E-state index contributed by atoms with van der Waals surface area (Å²) in [5.74, 6) is 0.734. The van der Waals surface area contributed by atoms with Gasteiger partial charge in [-0.25, -0.2) is 0 Å². The van der Waals surface area contributed by atoms with Crippen molar-refractivity contribution in [3.05, 3.63) is 53.1 Å². The van der Waals surface area contributed by atoms with E-state index < -0.39 is 0 Å². The van der Waals surface area contributed by atoms with Gasteiger partial charge < -0.3 is 19.7 Å². The summed E-state index contributed by atoms with van der Waals surface area (Å²) in [4.78, 5) is 25.7. The Balaban J connectivity index is 1.65. The van der Waals surface area contributed by atoms with Crippen molar-refractivity contribution in [2.75, 3.05) is 25.1 Å². The summed E-state index contributed by atoms with van der Waals surface area (Å²) in [5.41, 5.74) is 1.37. The maximum Gasteiger partial charge on any atom is 0.244 e. The Labute approximate surface area is 156 Å². The van der Waals surface area contributed by atoms with Crippen LogP contribution in [0.1, 0.15) is 12.5 Å². The van der Waals surface area contributed by atoms with Crippen molar-refractivity contribution in [2.45, 2.75) is 13.5 Å². The van der Waals surface area contributed by atoms with Gasteiger partial charge >= 0.3 is 0 Å². The molecule has 0 bridgehead atoms. The van der Waals surface area contributed by atoms with Gasteiger partial charge in [0.2, 0.25) is 11.8 Å². The number of amides is 2. The number of hydrogen-bond acceptors (Lipinski definition) is 4. The Morgan fingerprint density at radius 1 is 1.12 bits per heavy atom. The molecule has 2 aromatic rings. The zero-order valence-corrected chi connectivity index (χ0v) is 15.1. The molecule has 0 radical (unpaired) electrons. The van der Waals surface area contributed by atoms with E-state index in [-0.39, 0.29) is 24.9 Å². The smallest absolute Gasteiger partial charge is 0.244 e. The van der Waals surface area contributed by atoms with Gasteiger partial charge in [-0.15, -0.1) is 0 Å². The SMILES string of the molecule is CC(=O)N(CC(=O)Nc1ccc2c(c1)OCCO2)Cc1ccccc1Cl. The van der Waals surface area contributed by atoms with Crippen LogP contribution in [-0.4, -0.2) is 36.5 Å². The molecule has 3 rings (SSSR count). The lowest BCUT2D eigenvalue weighted by atomic mass is 10.2. The number of ether oxygens (including phenoxy) is 2. The highest BCUT2D eigenvalue weighted by Gasteiger charge is 2.17. The fraction of sp³-hybridized carbons (Fsp3) is 0.263. The summed E-state index contributed by atoms with van der Waals surface area (Å²) < 4.78 is 11.0. The number of halogens is 1. The molecule has 136 valence electrons. The number of nitrogens with zero attached hydrogens (tertiary/aromatic N) is 1. The van der Waals surface area contributed by atoms with E-state index in [1.54, 1.807) is 24.3 Å². The van der Waals surface area contributed by atoms with E-state index in [4.69, 9.17) is 21.1 Å². The molecular formula is C19H19ClN2O4. The number of rotatable bonds is 5. The predicted molar refractivity (Wildman–Crippen MR) is 98.6 cm³/mol. The summed E-state index contributed by atoms with van der Waals surface area (Å²) in [6.07, 6.45) is 0. The second kappa shape index (κ2) is 8.10. The van der Waals surface area contributed by atoms with Gasteiger partial charge in [-0.2, -0.15) is 0 Å². The Bertz CT molecular complexity index is 825. The largest absolute Gasteiger partial charge is 0.486 e. The highest BCUT2D eigenvalue weighted by atomic mass is 35.5. The number of carbonyl (C=O) groups is 2. The summed E-state index contributed by atoms with van der Waals surface area (Å²) in [6, 6.07) is 12.4. The fourth-order valence-corrected chi connectivity index (χ4v) is 2.80. The number of anilines is 1. The molecule has 0 atom stereocenters. The minimum atomic E-state index is -0.302. The highest BCUT2D eigenvalue weighted by molar-refractivity contribution is 6.31. The van der Waals surface area contributed by atoms with Crippen LogP contribution in [0.4, 0.5) is 5.69 Å². The van der Waals surface area contributed by atoms with E-state index in [0.717, 1.165) is 5.56 Å². The lowest BCUT2D eigenvalue weighted by Crippen LogP contribution is -2.36. The van der Waals surface area contributed by atoms with Gasteiger partial charge in [-0.05, 0) is 23.8 Å². The average Bonchev–Trinajstić information content (AvgIpc) is 2.62. The molecule has 2 aromatic carbocycles. The molecular weight excluding hydrogens is 356 g/mol. The van der Waals surface area contributed by atoms with E-state index in [1.165, 1.54) is 11.8 Å². The van der Waals surface area contributed by atoms with Crippen molar-refractivity contribution in [3.63, 3.8) is 0 Å². The van der Waals surface area contributed by atoms with E-state index in [9.17, 15) is 9.59 Å². The molecule has 6 nitrogen and oxygen atoms in total. The maximum absolute atomic E-state index is 12.4. The van der Waals surface area contributed by atoms with Gasteiger partial charge in [-0.1, -0.05) is 29.8 Å². The first kappa shape index (κ1) is 18.1. The molecule has 0 aliphatic carbocycles. The van der Waals surface area contributed by atoms with E-state index >= 15 is 0 Å². The van der Waals surface area contributed by atoms with E-state index in [2.05, 4.69) is 5.32 Å². The second-order valence-corrected chi connectivity index (χ2v) is 6.28. The van der Waals surface area contributed by atoms with Gasteiger partial charge in [0.1, 0.15) is 19.8 Å². The Hall–Kier alpha value is -2.73. The lowest BCUT2D eigenvalue weighted by molar-refractivity contribution is -0.133. The van der Waals surface area contributed by atoms with Crippen LogP contribution in [0.5, 0.6) is 11.5 Å². The summed E-state index contributed by atoms with van der Waals surface area (Å²) in [7, 11) is 0. The zero-order valence-electron chi connectivity index (χ0n) is 14.3. The standard InChI is InChI=1S/C19H19ClN2O4/c1-13(23)22(11-14-4-2-3-5-16(14)20)12-19(24)21-15-6-7-17-18(10-15)26-9-8-25-17/h2-7,10H,8-9,11-12H2,1H3,(H,21,24). The summed E-state index contributed by atoms with van der Waals surface area (Å²) in [5, 5.41) is 3.34. The molecule has 0 saturated carbocycles. The van der Waals surface area contributed by atoms with Crippen LogP contribution >= 0.6 is 11.6 Å². The van der Waals surface area contributed by atoms with Gasteiger partial charge in [-0.3, -0.25) is 9.59 Å². The van der Waals surface area contributed by atoms with Gasteiger partial charge in [0.15, 0.2) is 11.5 Å². The van der Waals surface area contributed by atoms with Gasteiger partial charge in [0, 0.05) is 30.2 Å². The molecule has 7 heteroatoms. The van der Waals surface area contributed by atoms with Crippen molar-refractivity contribution in [2.24, 2.45) is 0 Å². The summed E-state index contributed by atoms with van der Waals surface area (Å²) in [6.45, 7) is 2.60. The van der Waals surface area contributed by atoms with Crippen LogP contribution in [0.25, 0.3) is 0 Å². The van der Waals surface area contributed by atoms with Crippen LogP contribution in [0.2, 0.25) is 5.02 Å². The van der Waals surface area contributed by atoms with Crippen molar-refractivity contribution in [3.8, 4) is 11.5 Å². The molecule has 0 spiro atoms. The van der Waals surface area contributed by atoms with E-state index in [1.807, 2.05) is 18.2 Å². The first-order valence-electron chi connectivity index (χ1n) is 8.21. The third-order valence-electron chi connectivity index (χ3n) is 3.92. The number of carbonyl (C=O) groups excluding carboxylic acids is 2. The summed E-state index contributed by atoms with van der Waals surface area (Å²) >= 11 is 6.14. The number of fused-ring (bicyclic) bond motifs is 1. The van der Waals surface area contributed by atoms with E-state index in [0.29, 0.717) is 35.4 Å². The highest BCUT2D eigenvalue weighted by Crippen LogP contribution is 2.32. The molecule has 1 heterocycles. The van der Waals surface area contributed by atoms with Crippen LogP contribution < -0.4 is 14.8 Å². The molecule has 0 unspecified atom stereocenters. The van der Waals surface area contributed by atoms with Crippen molar-refractivity contribution < 1.29 is 19.1 Å². The normalized spacial score (nSPS) is 12.4. The second-order valence-electron chi connectivity index (χ2n) is 5.87. The minimum absolute atomic E-state index is 0.0744. The van der Waals surface area contributed by atoms with Crippen molar-refractivity contribution >= 4 is 29.1 Å². The number of hydrogen-bond donors (Lipinski definition) is 1. The molecule has 1 N–H and O–H groups in total. The van der Waals surface area contributed by atoms with Crippen LogP contribution in [0.3, 0.4) is 0 Å². The number of nitrogens with one attached hydrogen (secondary N) is 1. The molecule has 0 fully saturated rings. The lowest BCUT2D eigenvalue weighted by Gasteiger charge is -2.22. The zero-order chi connectivity index (χ0) is 18.5. The average molecular weight is 375 g/mol. The molecule has 1 aliphatic rings. The molecule has 0 aromatic heterocycles. The van der Waals surface area contributed by atoms with Crippen LogP contribution in [0, 0.1) is 0 Å². The van der Waals surface area contributed by atoms with Gasteiger partial charge in [0.25, 0.3) is 0 Å². The monoisotopic (exact) mass is 374 g/mol. The third-order valence-corrected chi connectivity index (χ3v) is 4.29. The maximum atomic E-state index is 12.4. The topological polar surface area (TPSA) is 67.9 Å². The predicted octanol–water partition coefficient (Wildman–Crippen LogP) is 3.10. The fourth-order valence-electron chi connectivity index (χ4n) is 2.61. The molecule has 2 amide bonds.